The second kappa shape index (κ2) is 13.1. The molecule has 0 unspecified atom stereocenters. The van der Waals surface area contributed by atoms with Crippen LogP contribution in [-0.2, 0) is 29.1 Å². The van der Waals surface area contributed by atoms with Gasteiger partial charge >= 0.3 is 0 Å². The van der Waals surface area contributed by atoms with E-state index in [1.807, 2.05) is 60.7 Å². The number of nitrogens with two attached hydrogens (primary N) is 1. The second-order valence-corrected chi connectivity index (χ2v) is 8.45. The Kier molecular flexibility index (Phi) is 9.57. The van der Waals surface area contributed by atoms with Crippen molar-refractivity contribution >= 4 is 17.7 Å². The van der Waals surface area contributed by atoms with Gasteiger partial charge < -0.3 is 21.7 Å². The van der Waals surface area contributed by atoms with Gasteiger partial charge in [0.1, 0.15) is 6.04 Å². The summed E-state index contributed by atoms with van der Waals surface area (Å²) in [5.41, 5.74) is 8.78. The predicted molar refractivity (Wildman–Crippen MR) is 136 cm³/mol. The first kappa shape index (κ1) is 25.6. The minimum atomic E-state index is -0.679. The van der Waals surface area contributed by atoms with Crippen molar-refractivity contribution < 1.29 is 14.4 Å². The quantitative estimate of drug-likeness (QED) is 0.325. The predicted octanol–water partition coefficient (Wildman–Crippen LogP) is 2.70. The topological polar surface area (TPSA) is 113 Å². The summed E-state index contributed by atoms with van der Waals surface area (Å²) in [6, 6.07) is 25.3. The molecule has 3 aromatic rings. The van der Waals surface area contributed by atoms with E-state index in [2.05, 4.69) is 16.0 Å². The normalized spacial score (nSPS) is 12.4. The van der Waals surface area contributed by atoms with Crippen molar-refractivity contribution in [3.8, 4) is 0 Å². The minimum Gasteiger partial charge on any atom is -0.366 e. The average Bonchev–Trinajstić information content (AvgIpc) is 2.88. The Morgan fingerprint density at radius 2 is 1.31 bits per heavy atom. The van der Waals surface area contributed by atoms with Crippen molar-refractivity contribution in [1.29, 1.82) is 0 Å². The third-order valence-corrected chi connectivity index (χ3v) is 5.73. The summed E-state index contributed by atoms with van der Waals surface area (Å²) < 4.78 is 0. The van der Waals surface area contributed by atoms with Gasteiger partial charge in [-0.25, -0.2) is 0 Å². The summed E-state index contributed by atoms with van der Waals surface area (Å²) in [6.07, 6.45) is 1.27. The summed E-state index contributed by atoms with van der Waals surface area (Å²) in [5.74, 6) is -0.966. The average molecular weight is 473 g/mol. The molecule has 0 radical (unpaired) electrons. The molecule has 0 saturated heterocycles. The van der Waals surface area contributed by atoms with Crippen molar-refractivity contribution in [2.45, 2.75) is 44.9 Å². The van der Waals surface area contributed by atoms with Gasteiger partial charge in [0, 0.05) is 18.7 Å². The Morgan fingerprint density at radius 1 is 0.743 bits per heavy atom. The molecule has 0 heterocycles. The van der Waals surface area contributed by atoms with Gasteiger partial charge in [0.25, 0.3) is 0 Å². The molecule has 5 N–H and O–H groups in total. The molecule has 0 spiro atoms. The lowest BCUT2D eigenvalue weighted by Crippen LogP contribution is -2.51. The van der Waals surface area contributed by atoms with Gasteiger partial charge in [-0.15, -0.1) is 0 Å². The number of amides is 3. The molecule has 7 heteroatoms. The summed E-state index contributed by atoms with van der Waals surface area (Å²) >= 11 is 0. The van der Waals surface area contributed by atoms with Crippen LogP contribution < -0.4 is 21.7 Å². The number of carbonyl (C=O) groups is 3. The first-order chi connectivity index (χ1) is 16.9. The molecule has 3 amide bonds. The van der Waals surface area contributed by atoms with Crippen LogP contribution in [0.4, 0.5) is 0 Å². The zero-order valence-corrected chi connectivity index (χ0v) is 19.9. The standard InChI is InChI=1S/C28H32N4O3/c1-20(27(34)31-19-22-10-6-3-7-11-22)32-28(35)25(17-14-21-8-4-2-5-9-21)30-18-23-12-15-24(16-13-23)26(29)33/h2-13,15-16,20,25,30H,14,17-19H2,1H3,(H2,29,33)(H,31,34)(H,32,35)/t20-,25+/m0/s1. The highest BCUT2D eigenvalue weighted by molar-refractivity contribution is 5.92. The van der Waals surface area contributed by atoms with Crippen LogP contribution >= 0.6 is 0 Å². The molecule has 0 saturated carbocycles. The third kappa shape index (κ3) is 8.39. The molecule has 7 nitrogen and oxygen atoms in total. The van der Waals surface area contributed by atoms with Gasteiger partial charge in [0.15, 0.2) is 0 Å². The summed E-state index contributed by atoms with van der Waals surface area (Å²) in [6.45, 7) is 2.51. The van der Waals surface area contributed by atoms with Crippen LogP contribution in [0.3, 0.4) is 0 Å². The van der Waals surface area contributed by atoms with Crippen molar-refractivity contribution in [1.82, 2.24) is 16.0 Å². The molecule has 182 valence electrons. The van der Waals surface area contributed by atoms with Crippen LogP contribution in [0.15, 0.2) is 84.9 Å². The largest absolute Gasteiger partial charge is 0.366 e. The number of aryl methyl sites for hydroxylation is 1. The second-order valence-electron chi connectivity index (χ2n) is 8.45. The zero-order chi connectivity index (χ0) is 25.0. The molecule has 3 rings (SSSR count). The number of nitrogens with one attached hydrogen (secondary N) is 3. The van der Waals surface area contributed by atoms with Gasteiger partial charge in [-0.05, 0) is 48.6 Å². The van der Waals surface area contributed by atoms with Crippen molar-refractivity contribution in [2.24, 2.45) is 5.73 Å². The molecule has 0 bridgehead atoms. The van der Waals surface area contributed by atoms with Crippen LogP contribution in [0.5, 0.6) is 0 Å². The molecule has 0 aromatic heterocycles. The number of primary amides is 1. The van der Waals surface area contributed by atoms with Gasteiger partial charge in [0.05, 0.1) is 6.04 Å². The Hall–Kier alpha value is -3.97. The monoisotopic (exact) mass is 472 g/mol. The smallest absolute Gasteiger partial charge is 0.248 e. The summed E-state index contributed by atoms with van der Waals surface area (Å²) in [5, 5.41) is 9.00. The summed E-state index contributed by atoms with van der Waals surface area (Å²) in [4.78, 5) is 36.9. The van der Waals surface area contributed by atoms with E-state index in [0.29, 0.717) is 31.5 Å². The number of rotatable bonds is 12. The number of benzene rings is 3. The van der Waals surface area contributed by atoms with E-state index in [0.717, 1.165) is 16.7 Å². The minimum absolute atomic E-state index is 0.239. The van der Waals surface area contributed by atoms with Crippen LogP contribution in [0.2, 0.25) is 0 Å². The highest BCUT2D eigenvalue weighted by Crippen LogP contribution is 2.09. The summed E-state index contributed by atoms with van der Waals surface area (Å²) in [7, 11) is 0. The fourth-order valence-corrected chi connectivity index (χ4v) is 3.63. The van der Waals surface area contributed by atoms with E-state index in [1.165, 1.54) is 0 Å². The first-order valence-electron chi connectivity index (χ1n) is 11.7. The van der Waals surface area contributed by atoms with E-state index < -0.39 is 18.0 Å². The number of hydrogen-bond acceptors (Lipinski definition) is 4. The fraction of sp³-hybridized carbons (Fsp3) is 0.250. The molecule has 35 heavy (non-hydrogen) atoms. The lowest BCUT2D eigenvalue weighted by molar-refractivity contribution is -0.129. The van der Waals surface area contributed by atoms with Gasteiger partial charge in [0.2, 0.25) is 17.7 Å². The van der Waals surface area contributed by atoms with Crippen molar-refractivity contribution in [3.05, 3.63) is 107 Å². The Morgan fingerprint density at radius 3 is 1.91 bits per heavy atom. The Labute approximate surface area is 206 Å². The van der Waals surface area contributed by atoms with Crippen LogP contribution in [-0.4, -0.2) is 29.8 Å². The maximum Gasteiger partial charge on any atom is 0.248 e. The molecule has 0 aliphatic carbocycles. The third-order valence-electron chi connectivity index (χ3n) is 5.73. The van der Waals surface area contributed by atoms with E-state index in [4.69, 9.17) is 5.73 Å². The Bertz CT molecular complexity index is 1100. The molecule has 0 aliphatic rings. The van der Waals surface area contributed by atoms with E-state index in [1.54, 1.807) is 31.2 Å². The van der Waals surface area contributed by atoms with E-state index in [9.17, 15) is 14.4 Å². The van der Waals surface area contributed by atoms with Crippen molar-refractivity contribution in [3.63, 3.8) is 0 Å². The molecule has 0 aliphatic heterocycles. The van der Waals surface area contributed by atoms with Gasteiger partial charge in [-0.2, -0.15) is 0 Å². The molecular formula is C28H32N4O3. The maximum atomic E-state index is 13.1. The van der Waals surface area contributed by atoms with E-state index >= 15 is 0 Å². The first-order valence-corrected chi connectivity index (χ1v) is 11.7. The molecule has 0 fully saturated rings. The highest BCUT2D eigenvalue weighted by Gasteiger charge is 2.22. The zero-order valence-electron chi connectivity index (χ0n) is 19.9. The van der Waals surface area contributed by atoms with Crippen LogP contribution in [0, 0.1) is 0 Å². The SMILES string of the molecule is C[C@H](NC(=O)[C@@H](CCc1ccccc1)NCc1ccc(C(N)=O)cc1)C(=O)NCc1ccccc1. The van der Waals surface area contributed by atoms with E-state index in [-0.39, 0.29) is 11.8 Å². The molecule has 2 atom stereocenters. The van der Waals surface area contributed by atoms with Gasteiger partial charge in [-0.1, -0.05) is 72.8 Å². The molecular weight excluding hydrogens is 440 g/mol. The lowest BCUT2D eigenvalue weighted by Gasteiger charge is -2.21. The number of carbonyl (C=O) groups excluding carboxylic acids is 3. The number of hydrogen-bond donors (Lipinski definition) is 4. The van der Waals surface area contributed by atoms with Crippen LogP contribution in [0.1, 0.15) is 40.4 Å². The Balaban J connectivity index is 1.59. The van der Waals surface area contributed by atoms with Crippen molar-refractivity contribution in [2.75, 3.05) is 0 Å². The molecule has 3 aromatic carbocycles. The van der Waals surface area contributed by atoms with Gasteiger partial charge in [-0.3, -0.25) is 14.4 Å². The van der Waals surface area contributed by atoms with Crippen LogP contribution in [0.25, 0.3) is 0 Å². The highest BCUT2D eigenvalue weighted by atomic mass is 16.2. The maximum absolute atomic E-state index is 13.1. The fourth-order valence-electron chi connectivity index (χ4n) is 3.63. The lowest BCUT2D eigenvalue weighted by atomic mass is 10.0.